The number of nitrogens with zero attached hydrogens (tertiary/aromatic N) is 1. The summed E-state index contributed by atoms with van der Waals surface area (Å²) in [5, 5.41) is 0.165. The Morgan fingerprint density at radius 2 is 2.04 bits per heavy atom. The van der Waals surface area contributed by atoms with Crippen LogP contribution in [0.3, 0.4) is 0 Å². The molecule has 23 heavy (non-hydrogen) atoms. The smallest absolute Gasteiger partial charge is 0.275 e. The van der Waals surface area contributed by atoms with Crippen molar-refractivity contribution in [2.24, 2.45) is 0 Å². The molecule has 0 saturated carbocycles. The Labute approximate surface area is 138 Å². The second-order valence-electron chi connectivity index (χ2n) is 5.17. The summed E-state index contributed by atoms with van der Waals surface area (Å²) in [6, 6.07) is 8.45. The van der Waals surface area contributed by atoms with E-state index < -0.39 is 22.0 Å². The van der Waals surface area contributed by atoms with E-state index in [1.807, 2.05) is 23.8 Å². The molecule has 0 fully saturated rings. The van der Waals surface area contributed by atoms with Crippen LogP contribution < -0.4 is 9.46 Å². The first kappa shape index (κ1) is 15.8. The number of ether oxygens (including phenoxy) is 1. The predicted molar refractivity (Wildman–Crippen MR) is 83.8 cm³/mol. The van der Waals surface area contributed by atoms with Crippen molar-refractivity contribution in [3.05, 3.63) is 53.3 Å². The Balaban J connectivity index is 1.80. The zero-order valence-electron chi connectivity index (χ0n) is 12.1. The van der Waals surface area contributed by atoms with E-state index in [1.165, 1.54) is 12.3 Å². The number of carbonyl (C=O) groups is 1. The SMILES string of the molecule is C[C@@H]1c2ccccc2O[C@@H]1C(=O)NS(=O)(=O)c1cncc(Cl)c1. The first-order chi connectivity index (χ1) is 10.9. The van der Waals surface area contributed by atoms with Crippen molar-refractivity contribution in [3.63, 3.8) is 0 Å². The van der Waals surface area contributed by atoms with Gasteiger partial charge in [-0.1, -0.05) is 36.7 Å². The quantitative estimate of drug-likeness (QED) is 0.914. The van der Waals surface area contributed by atoms with E-state index in [-0.39, 0.29) is 15.8 Å². The predicted octanol–water partition coefficient (Wildman–Crippen LogP) is 2.10. The molecule has 6 nitrogen and oxygen atoms in total. The van der Waals surface area contributed by atoms with Crippen LogP contribution in [0.5, 0.6) is 5.75 Å². The minimum absolute atomic E-state index is 0.165. The van der Waals surface area contributed by atoms with E-state index in [9.17, 15) is 13.2 Å². The standard InChI is InChI=1S/C15H13ClN2O4S/c1-9-12-4-2-3-5-13(12)22-14(9)15(19)18-23(20,21)11-6-10(16)7-17-8-11/h2-9,14H,1H3,(H,18,19)/t9-,14+/m1/s1. The van der Waals surface area contributed by atoms with Crippen LogP contribution in [0.25, 0.3) is 0 Å². The van der Waals surface area contributed by atoms with E-state index in [1.54, 1.807) is 12.1 Å². The Morgan fingerprint density at radius 3 is 2.74 bits per heavy atom. The van der Waals surface area contributed by atoms with E-state index in [0.717, 1.165) is 11.8 Å². The molecule has 120 valence electrons. The number of sulfonamides is 1. The largest absolute Gasteiger partial charge is 0.480 e. The summed E-state index contributed by atoms with van der Waals surface area (Å²) in [6.07, 6.45) is 1.52. The van der Waals surface area contributed by atoms with Crippen LogP contribution in [-0.2, 0) is 14.8 Å². The van der Waals surface area contributed by atoms with Crippen molar-refractivity contribution in [2.45, 2.75) is 23.8 Å². The third-order valence-electron chi connectivity index (χ3n) is 3.60. The van der Waals surface area contributed by atoms with E-state index >= 15 is 0 Å². The van der Waals surface area contributed by atoms with Crippen LogP contribution >= 0.6 is 11.6 Å². The Kier molecular flexibility index (Phi) is 3.99. The topological polar surface area (TPSA) is 85.4 Å². The van der Waals surface area contributed by atoms with Gasteiger partial charge in [0, 0.05) is 23.9 Å². The molecule has 2 atom stereocenters. The number of nitrogens with one attached hydrogen (secondary N) is 1. The second kappa shape index (κ2) is 5.82. The van der Waals surface area contributed by atoms with Gasteiger partial charge in [0.15, 0.2) is 6.10 Å². The molecule has 0 bridgehead atoms. The molecule has 1 amide bonds. The van der Waals surface area contributed by atoms with Crippen molar-refractivity contribution in [2.75, 3.05) is 0 Å². The molecule has 2 aromatic rings. The number of amides is 1. The van der Waals surface area contributed by atoms with Crippen LogP contribution in [0.2, 0.25) is 5.02 Å². The average molecular weight is 353 g/mol. The van der Waals surface area contributed by atoms with Gasteiger partial charge in [0.25, 0.3) is 15.9 Å². The summed E-state index contributed by atoms with van der Waals surface area (Å²) in [7, 11) is -4.06. The summed E-state index contributed by atoms with van der Waals surface area (Å²) in [6.45, 7) is 1.81. The second-order valence-corrected chi connectivity index (χ2v) is 7.29. The van der Waals surface area contributed by atoms with Crippen LogP contribution in [0, 0.1) is 0 Å². The molecule has 0 radical (unpaired) electrons. The maximum absolute atomic E-state index is 12.3. The lowest BCUT2D eigenvalue weighted by Gasteiger charge is -2.15. The fourth-order valence-corrected chi connectivity index (χ4v) is 3.65. The highest BCUT2D eigenvalue weighted by atomic mass is 35.5. The number of rotatable bonds is 3. The highest BCUT2D eigenvalue weighted by Gasteiger charge is 2.37. The fraction of sp³-hybridized carbons (Fsp3) is 0.200. The monoisotopic (exact) mass is 352 g/mol. The van der Waals surface area contributed by atoms with Crippen molar-refractivity contribution >= 4 is 27.5 Å². The summed E-state index contributed by atoms with van der Waals surface area (Å²) in [5.74, 6) is -0.394. The van der Waals surface area contributed by atoms with Crippen LogP contribution in [0.15, 0.2) is 47.6 Å². The minimum atomic E-state index is -4.06. The summed E-state index contributed by atoms with van der Waals surface area (Å²) >= 11 is 5.73. The van der Waals surface area contributed by atoms with Crippen LogP contribution in [0.1, 0.15) is 18.4 Å². The summed E-state index contributed by atoms with van der Waals surface area (Å²) in [4.78, 5) is 15.9. The fourth-order valence-electron chi connectivity index (χ4n) is 2.44. The molecule has 2 heterocycles. The van der Waals surface area contributed by atoms with Gasteiger partial charge in [0.05, 0.1) is 5.02 Å². The lowest BCUT2D eigenvalue weighted by atomic mass is 9.97. The summed E-state index contributed by atoms with van der Waals surface area (Å²) in [5.41, 5.74) is 0.870. The molecule has 1 aromatic heterocycles. The molecule has 0 aliphatic carbocycles. The molecule has 8 heteroatoms. The van der Waals surface area contributed by atoms with E-state index in [2.05, 4.69) is 4.98 Å². The molecule has 0 spiro atoms. The third kappa shape index (κ3) is 3.02. The van der Waals surface area contributed by atoms with Gasteiger partial charge in [-0.05, 0) is 12.1 Å². The van der Waals surface area contributed by atoms with Crippen molar-refractivity contribution in [1.29, 1.82) is 0 Å². The Hall–Kier alpha value is -2.12. The number of para-hydroxylation sites is 1. The van der Waals surface area contributed by atoms with Gasteiger partial charge in [-0.25, -0.2) is 13.1 Å². The third-order valence-corrected chi connectivity index (χ3v) is 5.12. The molecule has 1 aromatic carbocycles. The normalized spacial score (nSPS) is 19.7. The van der Waals surface area contributed by atoms with Crippen LogP contribution in [-0.4, -0.2) is 25.4 Å². The lowest BCUT2D eigenvalue weighted by molar-refractivity contribution is -0.126. The molecule has 0 unspecified atom stereocenters. The van der Waals surface area contributed by atoms with Gasteiger partial charge in [-0.3, -0.25) is 9.78 Å². The zero-order chi connectivity index (χ0) is 16.6. The number of carbonyl (C=O) groups excluding carboxylic acids is 1. The summed E-state index contributed by atoms with van der Waals surface area (Å²) < 4.78 is 32.1. The first-order valence-electron chi connectivity index (χ1n) is 6.81. The molecule has 1 aliphatic rings. The van der Waals surface area contributed by atoms with Gasteiger partial charge in [0.1, 0.15) is 10.6 Å². The van der Waals surface area contributed by atoms with Crippen molar-refractivity contribution < 1.29 is 17.9 Å². The number of hydrogen-bond acceptors (Lipinski definition) is 5. The maximum Gasteiger partial charge on any atom is 0.275 e. The average Bonchev–Trinajstić information content (AvgIpc) is 2.85. The molecule has 3 rings (SSSR count). The number of hydrogen-bond donors (Lipinski definition) is 1. The van der Waals surface area contributed by atoms with E-state index in [4.69, 9.17) is 16.3 Å². The molecule has 0 saturated heterocycles. The van der Waals surface area contributed by atoms with Crippen molar-refractivity contribution in [3.8, 4) is 5.75 Å². The lowest BCUT2D eigenvalue weighted by Crippen LogP contribution is -2.42. The number of fused-ring (bicyclic) bond motifs is 1. The number of aromatic nitrogens is 1. The van der Waals surface area contributed by atoms with Gasteiger partial charge in [-0.2, -0.15) is 0 Å². The Morgan fingerprint density at radius 1 is 1.30 bits per heavy atom. The Bertz CT molecular complexity index is 869. The highest BCUT2D eigenvalue weighted by molar-refractivity contribution is 7.90. The van der Waals surface area contributed by atoms with Gasteiger partial charge in [-0.15, -0.1) is 0 Å². The zero-order valence-corrected chi connectivity index (χ0v) is 13.6. The van der Waals surface area contributed by atoms with Gasteiger partial charge >= 0.3 is 0 Å². The number of halogens is 1. The molecule has 1 N–H and O–H groups in total. The number of pyridine rings is 1. The van der Waals surface area contributed by atoms with Crippen molar-refractivity contribution in [1.82, 2.24) is 9.71 Å². The maximum atomic E-state index is 12.3. The van der Waals surface area contributed by atoms with Gasteiger partial charge in [0.2, 0.25) is 0 Å². The number of benzene rings is 1. The molecule has 1 aliphatic heterocycles. The first-order valence-corrected chi connectivity index (χ1v) is 8.67. The van der Waals surface area contributed by atoms with Gasteiger partial charge < -0.3 is 4.74 Å². The minimum Gasteiger partial charge on any atom is -0.480 e. The molecular weight excluding hydrogens is 340 g/mol. The van der Waals surface area contributed by atoms with E-state index in [0.29, 0.717) is 5.75 Å². The molecular formula is C15H13ClN2O4S. The van der Waals surface area contributed by atoms with Crippen LogP contribution in [0.4, 0.5) is 0 Å². The highest BCUT2D eigenvalue weighted by Crippen LogP contribution is 2.37.